The summed E-state index contributed by atoms with van der Waals surface area (Å²) < 4.78 is 17.6. The maximum Gasteiger partial charge on any atom is 0.221 e. The number of anilines is 1. The van der Waals surface area contributed by atoms with Gasteiger partial charge in [-0.2, -0.15) is 4.37 Å². The van der Waals surface area contributed by atoms with Gasteiger partial charge >= 0.3 is 0 Å². The van der Waals surface area contributed by atoms with Gasteiger partial charge in [0, 0.05) is 44.0 Å². The third kappa shape index (κ3) is 7.75. The van der Waals surface area contributed by atoms with Crippen LogP contribution in [0.3, 0.4) is 0 Å². The summed E-state index contributed by atoms with van der Waals surface area (Å²) in [4.78, 5) is 19.1. The first-order valence-electron chi connectivity index (χ1n) is 10.8. The van der Waals surface area contributed by atoms with Gasteiger partial charge in [0.25, 0.3) is 0 Å². The molecule has 0 saturated heterocycles. The van der Waals surface area contributed by atoms with Gasteiger partial charge in [-0.15, -0.1) is 0 Å². The molecule has 1 N–H and O–H groups in total. The van der Waals surface area contributed by atoms with E-state index in [2.05, 4.69) is 38.6 Å². The molecule has 1 heterocycles. The van der Waals surface area contributed by atoms with Crippen molar-refractivity contribution in [2.45, 2.75) is 39.0 Å². The lowest BCUT2D eigenvalue weighted by Crippen LogP contribution is -2.32. The monoisotopic (exact) mass is 440 g/mol. The van der Waals surface area contributed by atoms with Crippen molar-refractivity contribution in [3.05, 3.63) is 77.4 Å². The number of benzene rings is 2. The molecule has 0 saturated carbocycles. The molecule has 0 aliphatic rings. The standard InChI is InChI=1S/C24H29FN4OS/c1-2-3-16-29(17-14-23(30)26-15-13-19-7-5-4-6-8-19)24-27-22(28-31-24)18-20-9-11-21(25)12-10-20/h4-12H,2-3,13-18H2,1H3,(H,26,30). The lowest BCUT2D eigenvalue weighted by Gasteiger charge is -2.20. The van der Waals surface area contributed by atoms with Crippen LogP contribution in [0.25, 0.3) is 0 Å². The number of halogens is 1. The minimum absolute atomic E-state index is 0.0495. The Labute approximate surface area is 187 Å². The first-order valence-corrected chi connectivity index (χ1v) is 11.5. The Balaban J connectivity index is 1.50. The zero-order chi connectivity index (χ0) is 21.9. The highest BCUT2D eigenvalue weighted by molar-refractivity contribution is 7.09. The second kappa shape index (κ2) is 12.2. The molecule has 31 heavy (non-hydrogen) atoms. The fraction of sp³-hybridized carbons (Fsp3) is 0.375. The van der Waals surface area contributed by atoms with Crippen LogP contribution in [0.4, 0.5) is 9.52 Å². The molecular formula is C24H29FN4OS. The van der Waals surface area contributed by atoms with Crippen LogP contribution >= 0.6 is 11.5 Å². The van der Waals surface area contributed by atoms with E-state index in [1.54, 1.807) is 12.1 Å². The predicted molar refractivity (Wildman–Crippen MR) is 124 cm³/mol. The van der Waals surface area contributed by atoms with Gasteiger partial charge < -0.3 is 10.2 Å². The van der Waals surface area contributed by atoms with E-state index < -0.39 is 0 Å². The van der Waals surface area contributed by atoms with Crippen molar-refractivity contribution in [2.24, 2.45) is 0 Å². The fourth-order valence-corrected chi connectivity index (χ4v) is 3.93. The van der Waals surface area contributed by atoms with Crippen molar-refractivity contribution in [3.8, 4) is 0 Å². The number of carbonyl (C=O) groups excluding carboxylic acids is 1. The highest BCUT2D eigenvalue weighted by Gasteiger charge is 2.14. The molecule has 0 atom stereocenters. The van der Waals surface area contributed by atoms with Crippen LogP contribution in [-0.4, -0.2) is 34.9 Å². The van der Waals surface area contributed by atoms with Gasteiger partial charge in [-0.25, -0.2) is 9.37 Å². The zero-order valence-corrected chi connectivity index (χ0v) is 18.7. The molecule has 0 fully saturated rings. The van der Waals surface area contributed by atoms with Gasteiger partial charge in [0.15, 0.2) is 0 Å². The SMILES string of the molecule is CCCCN(CCC(=O)NCCc1ccccc1)c1nc(Cc2ccc(F)cc2)ns1. The summed E-state index contributed by atoms with van der Waals surface area (Å²) in [5.74, 6) is 0.525. The van der Waals surface area contributed by atoms with Crippen LogP contribution in [0.2, 0.25) is 0 Å². The normalized spacial score (nSPS) is 10.8. The summed E-state index contributed by atoms with van der Waals surface area (Å²) in [5.41, 5.74) is 2.19. The number of amides is 1. The summed E-state index contributed by atoms with van der Waals surface area (Å²) in [6.07, 6.45) is 3.92. The number of carbonyl (C=O) groups is 1. The van der Waals surface area contributed by atoms with Gasteiger partial charge in [0.05, 0.1) is 0 Å². The number of nitrogens with one attached hydrogen (secondary N) is 1. The second-order valence-electron chi connectivity index (χ2n) is 7.47. The molecule has 3 aromatic rings. The zero-order valence-electron chi connectivity index (χ0n) is 17.9. The number of hydrogen-bond acceptors (Lipinski definition) is 5. The predicted octanol–water partition coefficient (Wildman–Crippen LogP) is 4.62. The molecule has 0 bridgehead atoms. The molecule has 164 valence electrons. The largest absolute Gasteiger partial charge is 0.356 e. The lowest BCUT2D eigenvalue weighted by molar-refractivity contribution is -0.120. The van der Waals surface area contributed by atoms with Gasteiger partial charge in [-0.3, -0.25) is 4.79 Å². The van der Waals surface area contributed by atoms with Gasteiger partial charge in [-0.05, 0) is 36.1 Å². The van der Waals surface area contributed by atoms with Gasteiger partial charge in [0.2, 0.25) is 11.0 Å². The van der Waals surface area contributed by atoms with Crippen LogP contribution in [0.5, 0.6) is 0 Å². The Morgan fingerprint density at radius 3 is 2.58 bits per heavy atom. The molecule has 3 rings (SSSR count). The lowest BCUT2D eigenvalue weighted by atomic mass is 10.1. The summed E-state index contributed by atoms with van der Waals surface area (Å²) in [5, 5.41) is 3.84. The third-order valence-electron chi connectivity index (χ3n) is 4.97. The molecular weight excluding hydrogens is 411 g/mol. The highest BCUT2D eigenvalue weighted by atomic mass is 32.1. The van der Waals surface area contributed by atoms with Crippen LogP contribution in [0.15, 0.2) is 54.6 Å². The maximum absolute atomic E-state index is 13.1. The van der Waals surface area contributed by atoms with E-state index in [4.69, 9.17) is 0 Å². The minimum Gasteiger partial charge on any atom is -0.356 e. The van der Waals surface area contributed by atoms with Gasteiger partial charge in [-0.1, -0.05) is 55.8 Å². The van der Waals surface area contributed by atoms with Crippen molar-refractivity contribution in [1.82, 2.24) is 14.7 Å². The Morgan fingerprint density at radius 1 is 1.06 bits per heavy atom. The topological polar surface area (TPSA) is 58.1 Å². The minimum atomic E-state index is -0.247. The summed E-state index contributed by atoms with van der Waals surface area (Å²) >= 11 is 1.36. The Morgan fingerprint density at radius 2 is 1.84 bits per heavy atom. The number of rotatable bonds is 12. The molecule has 0 unspecified atom stereocenters. The summed E-state index contributed by atoms with van der Waals surface area (Å²) in [6, 6.07) is 16.6. The summed E-state index contributed by atoms with van der Waals surface area (Å²) in [6.45, 7) is 4.24. The Kier molecular flexibility index (Phi) is 8.97. The molecule has 0 aliphatic carbocycles. The average molecular weight is 441 g/mol. The van der Waals surface area contributed by atoms with Crippen molar-refractivity contribution in [1.29, 1.82) is 0 Å². The maximum atomic E-state index is 13.1. The van der Waals surface area contributed by atoms with Crippen LogP contribution in [-0.2, 0) is 17.6 Å². The number of unbranched alkanes of at least 4 members (excludes halogenated alkanes) is 1. The van der Waals surface area contributed by atoms with E-state index in [0.717, 1.165) is 42.3 Å². The highest BCUT2D eigenvalue weighted by Crippen LogP contribution is 2.20. The van der Waals surface area contributed by atoms with E-state index in [-0.39, 0.29) is 11.7 Å². The smallest absolute Gasteiger partial charge is 0.221 e. The van der Waals surface area contributed by atoms with Crippen molar-refractivity contribution in [3.63, 3.8) is 0 Å². The number of aromatic nitrogens is 2. The van der Waals surface area contributed by atoms with Crippen molar-refractivity contribution < 1.29 is 9.18 Å². The van der Waals surface area contributed by atoms with E-state index in [1.807, 2.05) is 18.2 Å². The molecule has 1 aromatic heterocycles. The number of hydrogen-bond donors (Lipinski definition) is 1. The summed E-state index contributed by atoms with van der Waals surface area (Å²) in [7, 11) is 0. The van der Waals surface area contributed by atoms with E-state index in [0.29, 0.717) is 25.9 Å². The average Bonchev–Trinajstić information content (AvgIpc) is 3.24. The van der Waals surface area contributed by atoms with Crippen LogP contribution in [0, 0.1) is 5.82 Å². The quantitative estimate of drug-likeness (QED) is 0.446. The van der Waals surface area contributed by atoms with E-state index >= 15 is 0 Å². The second-order valence-corrected chi connectivity index (χ2v) is 8.20. The van der Waals surface area contributed by atoms with Gasteiger partial charge in [0.1, 0.15) is 11.6 Å². The molecule has 0 radical (unpaired) electrons. The van der Waals surface area contributed by atoms with E-state index in [9.17, 15) is 9.18 Å². The molecule has 1 amide bonds. The first-order chi connectivity index (χ1) is 15.1. The van der Waals surface area contributed by atoms with Crippen LogP contribution < -0.4 is 10.2 Å². The third-order valence-corrected chi connectivity index (χ3v) is 5.79. The fourth-order valence-electron chi connectivity index (χ4n) is 3.20. The molecule has 7 heteroatoms. The molecule has 2 aromatic carbocycles. The van der Waals surface area contributed by atoms with Crippen molar-refractivity contribution in [2.75, 3.05) is 24.5 Å². The Bertz CT molecular complexity index is 930. The van der Waals surface area contributed by atoms with E-state index in [1.165, 1.54) is 29.2 Å². The molecule has 0 spiro atoms. The molecule has 0 aliphatic heterocycles. The Hall–Kier alpha value is -2.80. The number of nitrogens with zero attached hydrogens (tertiary/aromatic N) is 3. The van der Waals surface area contributed by atoms with Crippen molar-refractivity contribution >= 4 is 22.6 Å². The molecule has 5 nitrogen and oxygen atoms in total. The van der Waals surface area contributed by atoms with Crippen LogP contribution in [0.1, 0.15) is 43.1 Å². The first kappa shape index (κ1) is 22.9.